The number of carbonyl (C=O) groups is 3. The molecule has 128 valence electrons. The number of amides is 2. The molecule has 24 heavy (non-hydrogen) atoms. The van der Waals surface area contributed by atoms with E-state index in [9.17, 15) is 19.5 Å². The number of carbonyl (C=O) groups excluding carboxylic acids is 2. The van der Waals surface area contributed by atoms with Crippen molar-refractivity contribution in [3.8, 4) is 5.75 Å². The molecule has 1 N–H and O–H groups in total. The van der Waals surface area contributed by atoms with Gasteiger partial charge in [-0.15, -0.1) is 11.8 Å². The van der Waals surface area contributed by atoms with Crippen molar-refractivity contribution in [1.29, 1.82) is 0 Å². The molecule has 0 aromatic heterocycles. The number of rotatable bonds is 4. The minimum atomic E-state index is -1.05. The fourth-order valence-electron chi connectivity index (χ4n) is 3.12. The Morgan fingerprint density at radius 2 is 1.92 bits per heavy atom. The molecule has 3 rings (SSSR count). The molecule has 2 fully saturated rings. The highest BCUT2D eigenvalue weighted by molar-refractivity contribution is 8.01. The number of carboxylic acid groups (broad SMARTS) is 1. The lowest BCUT2D eigenvalue weighted by atomic mass is 9.91. The van der Waals surface area contributed by atoms with Gasteiger partial charge in [0.25, 0.3) is 5.91 Å². The monoisotopic (exact) mass is 350 g/mol. The van der Waals surface area contributed by atoms with E-state index in [2.05, 4.69) is 0 Å². The van der Waals surface area contributed by atoms with Crippen LogP contribution >= 0.6 is 11.8 Å². The number of aliphatic carboxylic acids is 1. The number of thioether (sulfide) groups is 1. The molecular formula is C16H18N2O5S. The molecule has 0 unspecified atom stereocenters. The summed E-state index contributed by atoms with van der Waals surface area (Å²) in [7, 11) is 1.45. The van der Waals surface area contributed by atoms with Gasteiger partial charge in [-0.05, 0) is 26.0 Å². The minimum absolute atomic E-state index is 0.459. The average Bonchev–Trinajstić information content (AvgIpc) is 2.76. The number of hydroxylamine groups is 2. The van der Waals surface area contributed by atoms with Crippen molar-refractivity contribution >= 4 is 29.5 Å². The standard InChI is InChI=1S/C16H18N2O5S/c1-16(2)11(15(21)22)18-13(20)10(14(18)24-16)12(19)17(3)23-9-7-5-4-6-8-9/h4-8,10-11,14H,1-3H3,(H,21,22)/t10-,11+,14-/m1/s1. The van der Waals surface area contributed by atoms with Gasteiger partial charge in [0.15, 0.2) is 5.75 Å². The lowest BCUT2D eigenvalue weighted by Crippen LogP contribution is -2.66. The Labute approximate surface area is 143 Å². The van der Waals surface area contributed by atoms with Crippen molar-refractivity contribution in [2.24, 2.45) is 5.92 Å². The summed E-state index contributed by atoms with van der Waals surface area (Å²) in [6, 6.07) is 7.85. The predicted octanol–water partition coefficient (Wildman–Crippen LogP) is 1.20. The summed E-state index contributed by atoms with van der Waals surface area (Å²) in [6.45, 7) is 3.54. The molecule has 1 aromatic carbocycles. The van der Waals surface area contributed by atoms with Gasteiger partial charge in [-0.3, -0.25) is 9.59 Å². The quantitative estimate of drug-likeness (QED) is 0.499. The maximum absolute atomic E-state index is 12.6. The molecule has 2 aliphatic heterocycles. The maximum atomic E-state index is 12.6. The van der Waals surface area contributed by atoms with Crippen molar-refractivity contribution < 1.29 is 24.3 Å². The first kappa shape index (κ1) is 16.6. The molecule has 8 heteroatoms. The molecule has 0 radical (unpaired) electrons. The molecule has 0 aliphatic carbocycles. The topological polar surface area (TPSA) is 87.2 Å². The molecule has 0 spiro atoms. The van der Waals surface area contributed by atoms with E-state index in [1.165, 1.54) is 23.7 Å². The van der Waals surface area contributed by atoms with Gasteiger partial charge < -0.3 is 14.8 Å². The van der Waals surface area contributed by atoms with Gasteiger partial charge in [-0.25, -0.2) is 4.79 Å². The third kappa shape index (κ3) is 2.50. The van der Waals surface area contributed by atoms with Crippen molar-refractivity contribution in [2.75, 3.05) is 7.05 Å². The van der Waals surface area contributed by atoms with E-state index < -0.39 is 39.9 Å². The molecule has 2 amide bonds. The van der Waals surface area contributed by atoms with Gasteiger partial charge in [0, 0.05) is 11.8 Å². The minimum Gasteiger partial charge on any atom is -0.480 e. The summed E-state index contributed by atoms with van der Waals surface area (Å²) in [6.07, 6.45) is 0. The van der Waals surface area contributed by atoms with Gasteiger partial charge in [0.2, 0.25) is 5.91 Å². The van der Waals surface area contributed by atoms with Crippen molar-refractivity contribution in [3.05, 3.63) is 30.3 Å². The summed E-state index contributed by atoms with van der Waals surface area (Å²) in [4.78, 5) is 43.2. The molecule has 7 nitrogen and oxygen atoms in total. The molecule has 1 aromatic rings. The Hall–Kier alpha value is -2.22. The molecule has 2 aliphatic rings. The summed E-state index contributed by atoms with van der Waals surface area (Å²) in [5, 5.41) is 9.96. The molecule has 0 bridgehead atoms. The summed E-state index contributed by atoms with van der Waals surface area (Å²) in [5.41, 5.74) is 0. The fourth-order valence-corrected chi connectivity index (χ4v) is 4.79. The van der Waals surface area contributed by atoms with E-state index >= 15 is 0 Å². The van der Waals surface area contributed by atoms with Gasteiger partial charge in [-0.2, -0.15) is 5.06 Å². The van der Waals surface area contributed by atoms with E-state index in [1.54, 1.807) is 38.1 Å². The van der Waals surface area contributed by atoms with Crippen molar-refractivity contribution in [3.63, 3.8) is 0 Å². The first-order valence-corrected chi connectivity index (χ1v) is 8.35. The largest absolute Gasteiger partial charge is 0.480 e. The number of fused-ring (bicyclic) bond motifs is 1. The van der Waals surface area contributed by atoms with Crippen LogP contribution in [0.2, 0.25) is 0 Å². The molecule has 2 heterocycles. The van der Waals surface area contributed by atoms with Crippen LogP contribution in [0.5, 0.6) is 5.75 Å². The van der Waals surface area contributed by atoms with E-state index in [0.29, 0.717) is 5.75 Å². The van der Waals surface area contributed by atoms with E-state index in [-0.39, 0.29) is 0 Å². The van der Waals surface area contributed by atoms with Crippen molar-refractivity contribution in [1.82, 2.24) is 9.96 Å². The SMILES string of the molecule is CN(Oc1ccccc1)C(=O)[C@@H]1C(=O)N2[C@@H]1SC(C)(C)[C@@H]2C(=O)O. The second-order valence-electron chi connectivity index (χ2n) is 6.32. The number of para-hydroxylation sites is 1. The lowest BCUT2D eigenvalue weighted by molar-refractivity contribution is -0.178. The van der Waals surface area contributed by atoms with Gasteiger partial charge in [0.05, 0.1) is 0 Å². The summed E-state index contributed by atoms with van der Waals surface area (Å²) in [5.74, 6) is -2.41. The van der Waals surface area contributed by atoms with Crippen LogP contribution in [0.4, 0.5) is 0 Å². The number of hydrogen-bond donors (Lipinski definition) is 1. The molecule has 2 saturated heterocycles. The highest BCUT2D eigenvalue weighted by atomic mass is 32.2. The fraction of sp³-hybridized carbons (Fsp3) is 0.438. The summed E-state index contributed by atoms with van der Waals surface area (Å²) >= 11 is 1.34. The molecular weight excluding hydrogens is 332 g/mol. The van der Waals surface area contributed by atoms with Crippen molar-refractivity contribution in [2.45, 2.75) is 30.0 Å². The maximum Gasteiger partial charge on any atom is 0.327 e. The van der Waals surface area contributed by atoms with Crippen LogP contribution in [0.15, 0.2) is 30.3 Å². The Kier molecular flexibility index (Phi) is 3.95. The van der Waals surface area contributed by atoms with E-state index in [4.69, 9.17) is 4.84 Å². The second-order valence-corrected chi connectivity index (χ2v) is 8.09. The third-order valence-electron chi connectivity index (χ3n) is 4.24. The Morgan fingerprint density at radius 3 is 2.50 bits per heavy atom. The predicted molar refractivity (Wildman–Crippen MR) is 87.1 cm³/mol. The first-order chi connectivity index (χ1) is 11.2. The number of benzene rings is 1. The Morgan fingerprint density at radius 1 is 1.29 bits per heavy atom. The zero-order valence-electron chi connectivity index (χ0n) is 13.5. The summed E-state index contributed by atoms with van der Waals surface area (Å²) < 4.78 is -0.653. The first-order valence-electron chi connectivity index (χ1n) is 7.47. The molecule has 3 atom stereocenters. The Bertz CT molecular complexity index is 693. The van der Waals surface area contributed by atoms with Crippen LogP contribution in [-0.4, -0.2) is 56.1 Å². The zero-order valence-corrected chi connectivity index (χ0v) is 14.3. The average molecular weight is 350 g/mol. The second kappa shape index (κ2) is 5.70. The van der Waals surface area contributed by atoms with Gasteiger partial charge in [0.1, 0.15) is 17.3 Å². The highest BCUT2D eigenvalue weighted by Crippen LogP contribution is 2.53. The number of nitrogens with zero attached hydrogens (tertiary/aromatic N) is 2. The number of β-lactam (4-membered cyclic amide) rings is 1. The smallest absolute Gasteiger partial charge is 0.327 e. The van der Waals surface area contributed by atoms with Gasteiger partial charge in [-0.1, -0.05) is 18.2 Å². The van der Waals surface area contributed by atoms with Crippen LogP contribution in [0.1, 0.15) is 13.8 Å². The van der Waals surface area contributed by atoms with E-state index in [1.807, 2.05) is 6.07 Å². The van der Waals surface area contributed by atoms with Gasteiger partial charge >= 0.3 is 5.97 Å². The Balaban J connectivity index is 1.74. The van der Waals surface area contributed by atoms with Crippen LogP contribution in [0.25, 0.3) is 0 Å². The third-order valence-corrected chi connectivity index (χ3v) is 5.81. The normalized spacial score (nSPS) is 27.2. The molecule has 0 saturated carbocycles. The number of hydrogen-bond acceptors (Lipinski definition) is 5. The highest BCUT2D eigenvalue weighted by Gasteiger charge is 2.66. The van der Waals surface area contributed by atoms with E-state index in [0.717, 1.165) is 5.06 Å². The van der Waals surface area contributed by atoms with Crippen LogP contribution in [0.3, 0.4) is 0 Å². The van der Waals surface area contributed by atoms with Crippen LogP contribution in [0, 0.1) is 5.92 Å². The lowest BCUT2D eigenvalue weighted by Gasteiger charge is -2.43. The van der Waals surface area contributed by atoms with Crippen LogP contribution in [-0.2, 0) is 14.4 Å². The number of carboxylic acids is 1. The zero-order chi connectivity index (χ0) is 17.6. The van der Waals surface area contributed by atoms with Crippen LogP contribution < -0.4 is 4.84 Å².